The van der Waals surface area contributed by atoms with Crippen molar-refractivity contribution in [3.05, 3.63) is 60.0 Å². The van der Waals surface area contributed by atoms with Crippen molar-refractivity contribution in [2.24, 2.45) is 0 Å². The zero-order valence-corrected chi connectivity index (χ0v) is 16.6. The maximum absolute atomic E-state index is 14.1. The smallest absolute Gasteiger partial charge is 0.240 e. The molecule has 0 aliphatic carbocycles. The molecule has 0 saturated carbocycles. The Morgan fingerprint density at radius 3 is 2.79 bits per heavy atom. The van der Waals surface area contributed by atoms with Crippen LogP contribution in [0.15, 0.2) is 53.6 Å². The predicted octanol–water partition coefficient (Wildman–Crippen LogP) is 3.43. The SMILES string of the molecule is Cc1ccc(-c2cnc3nc2NCCCNS(=O)(=O)c2cccc(c2)N3)cc1F. The van der Waals surface area contributed by atoms with Gasteiger partial charge in [0.05, 0.1) is 4.90 Å². The molecule has 1 aliphatic heterocycles. The number of benzene rings is 2. The second kappa shape index (κ2) is 7.76. The summed E-state index contributed by atoms with van der Waals surface area (Å²) in [6, 6.07) is 11.4. The lowest BCUT2D eigenvalue weighted by atomic mass is 10.1. The highest BCUT2D eigenvalue weighted by Crippen LogP contribution is 2.29. The summed E-state index contributed by atoms with van der Waals surface area (Å²) in [4.78, 5) is 9.03. The number of sulfonamides is 1. The van der Waals surface area contributed by atoms with E-state index < -0.39 is 10.0 Å². The van der Waals surface area contributed by atoms with Crippen molar-refractivity contribution in [3.8, 4) is 11.1 Å². The molecular formula is C20H20FN5O2S. The third-order valence-corrected chi connectivity index (χ3v) is 6.07. The van der Waals surface area contributed by atoms with E-state index in [1.165, 1.54) is 18.2 Å². The van der Waals surface area contributed by atoms with Gasteiger partial charge in [0.2, 0.25) is 16.0 Å². The summed E-state index contributed by atoms with van der Waals surface area (Å²) in [5.41, 5.74) is 2.44. The largest absolute Gasteiger partial charge is 0.369 e. The molecule has 4 rings (SSSR count). The molecule has 0 radical (unpaired) electrons. The predicted molar refractivity (Wildman–Crippen MR) is 110 cm³/mol. The van der Waals surface area contributed by atoms with Crippen LogP contribution in [0.2, 0.25) is 0 Å². The first-order chi connectivity index (χ1) is 13.9. The number of halogens is 1. The van der Waals surface area contributed by atoms with Crippen LogP contribution in [0.1, 0.15) is 12.0 Å². The summed E-state index contributed by atoms with van der Waals surface area (Å²) in [7, 11) is -3.60. The topological polar surface area (TPSA) is 96.0 Å². The van der Waals surface area contributed by atoms with Gasteiger partial charge in [0, 0.05) is 30.5 Å². The van der Waals surface area contributed by atoms with Gasteiger partial charge in [-0.15, -0.1) is 0 Å². The minimum absolute atomic E-state index is 0.168. The van der Waals surface area contributed by atoms with Gasteiger partial charge in [-0.05, 0) is 48.7 Å². The molecule has 7 nitrogen and oxygen atoms in total. The molecule has 0 spiro atoms. The molecule has 0 fully saturated rings. The van der Waals surface area contributed by atoms with Crippen LogP contribution >= 0.6 is 0 Å². The van der Waals surface area contributed by atoms with E-state index in [0.717, 1.165) is 0 Å². The first-order valence-corrected chi connectivity index (χ1v) is 10.6. The number of nitrogens with one attached hydrogen (secondary N) is 3. The fraction of sp³-hybridized carbons (Fsp3) is 0.200. The van der Waals surface area contributed by atoms with Crippen molar-refractivity contribution >= 4 is 27.5 Å². The maximum atomic E-state index is 14.1. The molecular weight excluding hydrogens is 393 g/mol. The molecule has 3 N–H and O–H groups in total. The Bertz CT molecular complexity index is 1170. The van der Waals surface area contributed by atoms with E-state index in [9.17, 15) is 12.8 Å². The lowest BCUT2D eigenvalue weighted by molar-refractivity contribution is 0.580. The first kappa shape index (κ1) is 19.3. The zero-order chi connectivity index (χ0) is 20.4. The normalized spacial score (nSPS) is 15.8. The Hall–Kier alpha value is -3.04. The number of anilines is 3. The van der Waals surface area contributed by atoms with Crippen LogP contribution in [-0.4, -0.2) is 31.5 Å². The van der Waals surface area contributed by atoms with E-state index in [1.807, 2.05) is 6.07 Å². The van der Waals surface area contributed by atoms with E-state index in [0.29, 0.717) is 47.1 Å². The van der Waals surface area contributed by atoms with Gasteiger partial charge >= 0.3 is 0 Å². The van der Waals surface area contributed by atoms with Gasteiger partial charge in [-0.2, -0.15) is 4.98 Å². The molecule has 2 heterocycles. The Morgan fingerprint density at radius 1 is 1.10 bits per heavy atom. The van der Waals surface area contributed by atoms with Gasteiger partial charge in [-0.3, -0.25) is 0 Å². The molecule has 9 heteroatoms. The summed E-state index contributed by atoms with van der Waals surface area (Å²) < 4.78 is 41.5. The van der Waals surface area contributed by atoms with E-state index in [1.54, 1.807) is 31.3 Å². The average molecular weight is 413 g/mol. The number of hydrogen-bond donors (Lipinski definition) is 3. The second-order valence-electron chi connectivity index (χ2n) is 6.75. The van der Waals surface area contributed by atoms with Crippen molar-refractivity contribution in [2.75, 3.05) is 23.7 Å². The lowest BCUT2D eigenvalue weighted by Gasteiger charge is -2.13. The molecule has 0 saturated heterocycles. The zero-order valence-electron chi connectivity index (χ0n) is 15.7. The van der Waals surface area contributed by atoms with Gasteiger partial charge in [-0.25, -0.2) is 22.5 Å². The summed E-state index contributed by atoms with van der Waals surface area (Å²) in [5.74, 6) is 0.558. The van der Waals surface area contributed by atoms with Crippen LogP contribution in [0.3, 0.4) is 0 Å². The number of nitrogens with zero attached hydrogens (tertiary/aromatic N) is 2. The minimum Gasteiger partial charge on any atom is -0.369 e. The van der Waals surface area contributed by atoms with Crippen LogP contribution in [-0.2, 0) is 10.0 Å². The lowest BCUT2D eigenvalue weighted by Crippen LogP contribution is -2.26. The Kier molecular flexibility index (Phi) is 5.16. The highest BCUT2D eigenvalue weighted by Gasteiger charge is 2.16. The number of fused-ring (bicyclic) bond motifs is 4. The van der Waals surface area contributed by atoms with Crippen molar-refractivity contribution < 1.29 is 12.8 Å². The van der Waals surface area contributed by atoms with E-state index in [4.69, 9.17) is 0 Å². The molecule has 150 valence electrons. The number of rotatable bonds is 1. The number of hydrogen-bond acceptors (Lipinski definition) is 6. The van der Waals surface area contributed by atoms with Crippen LogP contribution in [0.4, 0.5) is 21.8 Å². The third kappa shape index (κ3) is 4.20. The summed E-state index contributed by atoms with van der Waals surface area (Å²) in [5, 5.41) is 6.24. The van der Waals surface area contributed by atoms with Crippen LogP contribution in [0.25, 0.3) is 11.1 Å². The number of aromatic nitrogens is 2. The summed E-state index contributed by atoms with van der Waals surface area (Å²) >= 11 is 0. The molecule has 1 aliphatic rings. The quantitative estimate of drug-likeness (QED) is 0.566. The van der Waals surface area contributed by atoms with Gasteiger partial charge in [-0.1, -0.05) is 18.2 Å². The third-order valence-electron chi connectivity index (χ3n) is 4.61. The number of aryl methyl sites for hydroxylation is 1. The van der Waals surface area contributed by atoms with Crippen molar-refractivity contribution in [1.82, 2.24) is 14.7 Å². The Balaban J connectivity index is 1.75. The molecule has 2 aromatic carbocycles. The molecule has 0 amide bonds. The van der Waals surface area contributed by atoms with E-state index in [2.05, 4.69) is 25.3 Å². The maximum Gasteiger partial charge on any atom is 0.240 e. The average Bonchev–Trinajstić information content (AvgIpc) is 2.70. The Labute approximate surface area is 168 Å². The first-order valence-electron chi connectivity index (χ1n) is 9.16. The molecule has 29 heavy (non-hydrogen) atoms. The highest BCUT2D eigenvalue weighted by molar-refractivity contribution is 7.89. The van der Waals surface area contributed by atoms with Crippen LogP contribution in [0.5, 0.6) is 0 Å². The molecule has 3 aromatic rings. The summed E-state index contributed by atoms with van der Waals surface area (Å²) in [6.07, 6.45) is 2.17. The van der Waals surface area contributed by atoms with E-state index in [-0.39, 0.29) is 17.3 Å². The van der Waals surface area contributed by atoms with Crippen LogP contribution < -0.4 is 15.4 Å². The van der Waals surface area contributed by atoms with Crippen molar-refractivity contribution in [3.63, 3.8) is 0 Å². The minimum atomic E-state index is -3.60. The second-order valence-corrected chi connectivity index (χ2v) is 8.52. The molecule has 1 aromatic heterocycles. The van der Waals surface area contributed by atoms with Crippen molar-refractivity contribution in [2.45, 2.75) is 18.2 Å². The van der Waals surface area contributed by atoms with Gasteiger partial charge in [0.15, 0.2) is 0 Å². The Morgan fingerprint density at radius 2 is 1.97 bits per heavy atom. The van der Waals surface area contributed by atoms with Gasteiger partial charge in [0.25, 0.3) is 0 Å². The van der Waals surface area contributed by atoms with Gasteiger partial charge < -0.3 is 10.6 Å². The standard InChI is InChI=1S/C20H20FN5O2S/c1-13-6-7-14(10-18(13)21)17-12-23-20-25-15-4-2-5-16(11-15)29(27,28)24-9-3-8-22-19(17)26-20/h2,4-7,10-12,24H,3,8-9H2,1H3,(H2,22,23,25,26). The van der Waals surface area contributed by atoms with Crippen molar-refractivity contribution in [1.29, 1.82) is 0 Å². The molecule has 4 bridgehead atoms. The van der Waals surface area contributed by atoms with E-state index >= 15 is 0 Å². The molecule has 0 unspecified atom stereocenters. The monoisotopic (exact) mass is 413 g/mol. The summed E-state index contributed by atoms with van der Waals surface area (Å²) in [6.45, 7) is 2.47. The fourth-order valence-electron chi connectivity index (χ4n) is 3.00. The van der Waals surface area contributed by atoms with Gasteiger partial charge in [0.1, 0.15) is 11.6 Å². The van der Waals surface area contributed by atoms with Crippen LogP contribution in [0, 0.1) is 12.7 Å². The highest BCUT2D eigenvalue weighted by atomic mass is 32.2. The fourth-order valence-corrected chi connectivity index (χ4v) is 4.12. The molecule has 0 atom stereocenters.